The number of benzene rings is 15. The summed E-state index contributed by atoms with van der Waals surface area (Å²) in [7, 11) is 0. The van der Waals surface area contributed by atoms with E-state index >= 15 is 0 Å². The Bertz CT molecular complexity index is 6810. The Morgan fingerprint density at radius 1 is 0.217 bits per heavy atom. The standard InChI is InChI=1S/C112H103N3/c1-14-15-16-20-52-113-104-63-87(35-46-98(104)99-49-38-90(66-105(99)113)110-75(8)54-71(4)55-76(110)9)96-44-31-81(57-73(96)6)27-29-84-61-79(12)112(80(13)62-84)92-40-51-103-101-48-37-89(65-107(101)115(109(103)68-92)94-25-21-22-69(2)56-94)97-45-32-82(58-74(97)7)28-30-83-59-77(10)111(78(11)60-83)91-39-50-102-100-47-36-88(95-43-26-70(3)53-72(95)5)64-106(100)114(108(102)67-91)93-41-33-86(34-42-93)85-23-18-17-19-24-85/h17-19,21-26,31-51,53-68H,14-16,20,27-30,52H2,1-13H3. The predicted octanol–water partition coefficient (Wildman–Crippen LogP) is 30.5. The molecule has 0 atom stereocenters. The fourth-order valence-electron chi connectivity index (χ4n) is 19.9. The first-order valence-electron chi connectivity index (χ1n) is 41.9. The molecule has 3 nitrogen and oxygen atoms in total. The lowest BCUT2D eigenvalue weighted by Crippen LogP contribution is -1.99. The predicted molar refractivity (Wildman–Crippen MR) is 495 cm³/mol. The Morgan fingerprint density at radius 2 is 0.565 bits per heavy atom. The molecular formula is C112H103N3. The largest absolute Gasteiger partial charge is 0.340 e. The summed E-state index contributed by atoms with van der Waals surface area (Å²) in [5.41, 5.74) is 48.8. The summed E-state index contributed by atoms with van der Waals surface area (Å²) >= 11 is 0. The van der Waals surface area contributed by atoms with Crippen molar-refractivity contribution in [1.82, 2.24) is 13.7 Å². The topological polar surface area (TPSA) is 14.8 Å². The van der Waals surface area contributed by atoms with Crippen LogP contribution in [0.1, 0.15) is 122 Å². The zero-order chi connectivity index (χ0) is 79.0. The second-order valence-electron chi connectivity index (χ2n) is 33.6. The van der Waals surface area contributed by atoms with Crippen molar-refractivity contribution in [3.05, 3.63) is 368 Å². The minimum absolute atomic E-state index is 0.959. The molecule has 0 saturated heterocycles. The van der Waals surface area contributed by atoms with Gasteiger partial charge in [-0.1, -0.05) is 256 Å². The quantitative estimate of drug-likeness (QED) is 0.0676. The monoisotopic (exact) mass is 1490 g/mol. The first kappa shape index (κ1) is 74.1. The molecule has 0 bridgehead atoms. The van der Waals surface area contributed by atoms with Crippen LogP contribution in [0.3, 0.4) is 0 Å². The van der Waals surface area contributed by atoms with Gasteiger partial charge in [-0.05, 0) is 332 Å². The molecule has 0 N–H and O–H groups in total. The fraction of sp³-hybridized carbons (Fsp3) is 0.196. The second kappa shape index (κ2) is 30.6. The highest BCUT2D eigenvalue weighted by Crippen LogP contribution is 2.44. The van der Waals surface area contributed by atoms with Gasteiger partial charge in [0, 0.05) is 61.3 Å². The summed E-state index contributed by atoms with van der Waals surface area (Å²) in [4.78, 5) is 0. The lowest BCUT2D eigenvalue weighted by molar-refractivity contribution is 0.602. The maximum Gasteiger partial charge on any atom is 0.0547 e. The molecule has 18 rings (SSSR count). The molecule has 0 aliphatic carbocycles. The molecule has 0 saturated carbocycles. The normalized spacial score (nSPS) is 11.8. The van der Waals surface area contributed by atoms with Crippen LogP contribution in [0.5, 0.6) is 0 Å². The Hall–Kier alpha value is -12.3. The average Bonchev–Trinajstić information content (AvgIpc) is 1.59. The summed E-state index contributed by atoms with van der Waals surface area (Å²) in [5, 5.41) is 7.72. The molecule has 115 heavy (non-hydrogen) atoms. The average molecular weight is 1490 g/mol. The lowest BCUT2D eigenvalue weighted by Gasteiger charge is -2.15. The SMILES string of the molecule is CCCCCCn1c2cc(-c3ccc(CCc4cc(C)c(-c5ccc6c7ccc(-c8ccc(CCc9cc(C)c(-c%10ccc%11c%12ccc(-c%13ccc(C)cc%13C)cc%12n(-c%12ccc(-c%13ccccc%13)cc%12)c%11c%10)c(C)c9)cc8C)cc7n(-c7cccc(C)c7)c6c5)c(C)c4)cc3C)ccc2c2ccc(-c3c(C)cc(C)cc3C)cc21. The third-order valence-corrected chi connectivity index (χ3v) is 25.2. The van der Waals surface area contributed by atoms with Gasteiger partial charge in [0.25, 0.3) is 0 Å². The van der Waals surface area contributed by atoms with E-state index in [1.165, 1.54) is 264 Å². The molecule has 0 aliphatic rings. The highest BCUT2D eigenvalue weighted by atomic mass is 15.0. The number of nitrogens with zero attached hydrogens (tertiary/aromatic N) is 3. The zero-order valence-electron chi connectivity index (χ0n) is 69.3. The van der Waals surface area contributed by atoms with E-state index < -0.39 is 0 Å². The van der Waals surface area contributed by atoms with Crippen LogP contribution in [0.4, 0.5) is 0 Å². The van der Waals surface area contributed by atoms with E-state index in [-0.39, 0.29) is 0 Å². The van der Waals surface area contributed by atoms with Crippen LogP contribution in [0.15, 0.2) is 279 Å². The summed E-state index contributed by atoms with van der Waals surface area (Å²) in [6.07, 6.45) is 8.81. The third kappa shape index (κ3) is 14.0. The number of rotatable bonds is 20. The number of unbranched alkanes of at least 4 members (excludes halogenated alkanes) is 3. The molecule has 566 valence electrons. The van der Waals surface area contributed by atoms with Crippen LogP contribution < -0.4 is 0 Å². The summed E-state index contributed by atoms with van der Waals surface area (Å²) in [5.74, 6) is 0. The maximum atomic E-state index is 2.63. The molecule has 0 amide bonds. The van der Waals surface area contributed by atoms with Gasteiger partial charge in [-0.3, -0.25) is 0 Å². The Morgan fingerprint density at radius 3 is 1.01 bits per heavy atom. The van der Waals surface area contributed by atoms with Gasteiger partial charge in [0.05, 0.1) is 22.1 Å². The van der Waals surface area contributed by atoms with E-state index in [0.29, 0.717) is 0 Å². The molecule has 0 unspecified atom stereocenters. The Balaban J connectivity index is 0.588. The maximum absolute atomic E-state index is 2.63. The summed E-state index contributed by atoms with van der Waals surface area (Å²) in [6, 6.07) is 107. The van der Waals surface area contributed by atoms with Crippen molar-refractivity contribution < 1.29 is 0 Å². The van der Waals surface area contributed by atoms with Crippen molar-refractivity contribution in [2.24, 2.45) is 0 Å². The highest BCUT2D eigenvalue weighted by Gasteiger charge is 2.23. The van der Waals surface area contributed by atoms with Gasteiger partial charge in [0.1, 0.15) is 0 Å². The van der Waals surface area contributed by atoms with E-state index in [4.69, 9.17) is 0 Å². The highest BCUT2D eigenvalue weighted by molar-refractivity contribution is 6.14. The number of hydrogen-bond acceptors (Lipinski definition) is 0. The molecule has 18 aromatic rings. The van der Waals surface area contributed by atoms with Gasteiger partial charge in [0.2, 0.25) is 0 Å². The third-order valence-electron chi connectivity index (χ3n) is 25.2. The van der Waals surface area contributed by atoms with E-state index in [0.717, 1.165) is 37.9 Å². The molecule has 0 aliphatic heterocycles. The first-order valence-corrected chi connectivity index (χ1v) is 41.9. The number of aromatic nitrogens is 3. The number of hydrogen-bond donors (Lipinski definition) is 0. The molecule has 3 heteroatoms. The summed E-state index contributed by atoms with van der Waals surface area (Å²) < 4.78 is 7.63. The molecule has 3 aromatic heterocycles. The minimum atomic E-state index is 0.959. The fourth-order valence-corrected chi connectivity index (χ4v) is 19.9. The van der Waals surface area contributed by atoms with E-state index in [9.17, 15) is 0 Å². The van der Waals surface area contributed by atoms with Crippen LogP contribution in [-0.4, -0.2) is 13.7 Å². The zero-order valence-corrected chi connectivity index (χ0v) is 69.3. The van der Waals surface area contributed by atoms with Gasteiger partial charge in [0.15, 0.2) is 0 Å². The van der Waals surface area contributed by atoms with Crippen LogP contribution >= 0.6 is 0 Å². The molecule has 0 radical (unpaired) electrons. The first-order chi connectivity index (χ1) is 55.9. The Labute approximate surface area is 679 Å². The van der Waals surface area contributed by atoms with Crippen LogP contribution in [-0.2, 0) is 32.2 Å². The van der Waals surface area contributed by atoms with Gasteiger partial charge < -0.3 is 13.7 Å². The Kier molecular flexibility index (Phi) is 19.7. The van der Waals surface area contributed by atoms with E-state index in [2.05, 4.69) is 383 Å². The van der Waals surface area contributed by atoms with E-state index in [1.807, 2.05) is 0 Å². The van der Waals surface area contributed by atoms with Crippen LogP contribution in [0.2, 0.25) is 0 Å². The van der Waals surface area contributed by atoms with Crippen molar-refractivity contribution in [3.63, 3.8) is 0 Å². The smallest absolute Gasteiger partial charge is 0.0547 e. The van der Waals surface area contributed by atoms with Gasteiger partial charge in [-0.25, -0.2) is 0 Å². The van der Waals surface area contributed by atoms with Gasteiger partial charge in [-0.15, -0.1) is 0 Å². The van der Waals surface area contributed by atoms with Crippen LogP contribution in [0.25, 0.3) is 155 Å². The van der Waals surface area contributed by atoms with E-state index in [1.54, 1.807) is 0 Å². The molecular weight excluding hydrogens is 1390 g/mol. The van der Waals surface area contributed by atoms with Crippen molar-refractivity contribution in [1.29, 1.82) is 0 Å². The number of fused-ring (bicyclic) bond motifs is 9. The second-order valence-corrected chi connectivity index (χ2v) is 33.6. The minimum Gasteiger partial charge on any atom is -0.340 e. The number of aryl methyl sites for hydroxylation is 17. The van der Waals surface area contributed by atoms with Crippen molar-refractivity contribution in [2.45, 2.75) is 148 Å². The van der Waals surface area contributed by atoms with Crippen LogP contribution in [0, 0.1) is 83.1 Å². The molecule has 15 aromatic carbocycles. The molecule has 0 spiro atoms. The molecule has 0 fully saturated rings. The van der Waals surface area contributed by atoms with Gasteiger partial charge >= 0.3 is 0 Å². The lowest BCUT2D eigenvalue weighted by atomic mass is 9.90. The van der Waals surface area contributed by atoms with Crippen molar-refractivity contribution in [2.75, 3.05) is 0 Å². The van der Waals surface area contributed by atoms with Crippen molar-refractivity contribution >= 4 is 65.4 Å². The summed E-state index contributed by atoms with van der Waals surface area (Å²) in [6.45, 7) is 30.5. The van der Waals surface area contributed by atoms with Crippen molar-refractivity contribution in [3.8, 4) is 89.3 Å². The van der Waals surface area contributed by atoms with Gasteiger partial charge in [-0.2, -0.15) is 0 Å². The molecule has 3 heterocycles.